The molecule has 2 N–H and O–H groups in total. The molecule has 0 aliphatic carbocycles. The lowest BCUT2D eigenvalue weighted by Gasteiger charge is -2.05. The molecule has 0 unspecified atom stereocenters. The van der Waals surface area contributed by atoms with Gasteiger partial charge in [-0.15, -0.1) is 0 Å². The van der Waals surface area contributed by atoms with Gasteiger partial charge in [0.25, 0.3) is 5.69 Å². The number of carbonyl (C=O) groups is 1. The Morgan fingerprint density at radius 2 is 2.05 bits per heavy atom. The van der Waals surface area contributed by atoms with Crippen molar-refractivity contribution in [1.82, 2.24) is 4.98 Å². The zero-order valence-corrected chi connectivity index (χ0v) is 10.2. The van der Waals surface area contributed by atoms with E-state index < -0.39 is 4.92 Å². The van der Waals surface area contributed by atoms with E-state index >= 15 is 0 Å². The number of anilines is 1. The maximum absolute atomic E-state index is 10.9. The highest BCUT2D eigenvalue weighted by molar-refractivity contribution is 5.84. The van der Waals surface area contributed by atoms with Crippen LogP contribution >= 0.6 is 0 Å². The number of hydrogen-bond acceptors (Lipinski definition) is 5. The summed E-state index contributed by atoms with van der Waals surface area (Å²) in [6.45, 7) is 1.77. The fraction of sp³-hybridized carbons (Fsp3) is 0.0769. The summed E-state index contributed by atoms with van der Waals surface area (Å²) in [7, 11) is 0. The number of aryl methyl sites for hydroxylation is 1. The molecule has 19 heavy (non-hydrogen) atoms. The quantitative estimate of drug-likeness (QED) is 0.517. The van der Waals surface area contributed by atoms with E-state index in [9.17, 15) is 14.9 Å². The molecule has 0 radical (unpaired) electrons. The normalized spacial score (nSPS) is 10.2. The Labute approximate surface area is 109 Å². The van der Waals surface area contributed by atoms with Crippen LogP contribution in [0.4, 0.5) is 11.4 Å². The van der Waals surface area contributed by atoms with Crippen LogP contribution in [-0.4, -0.2) is 16.2 Å². The fourth-order valence-electron chi connectivity index (χ4n) is 1.69. The Bertz CT molecular complexity index is 668. The number of benzene rings is 1. The van der Waals surface area contributed by atoms with E-state index in [1.807, 2.05) is 0 Å². The molecule has 0 bridgehead atoms. The molecule has 6 nitrogen and oxygen atoms in total. The van der Waals surface area contributed by atoms with Crippen LogP contribution in [0.15, 0.2) is 30.5 Å². The van der Waals surface area contributed by atoms with Crippen LogP contribution in [0.5, 0.6) is 0 Å². The van der Waals surface area contributed by atoms with Gasteiger partial charge in [0, 0.05) is 17.8 Å². The average molecular weight is 257 g/mol. The predicted molar refractivity (Wildman–Crippen MR) is 70.9 cm³/mol. The summed E-state index contributed by atoms with van der Waals surface area (Å²) in [5, 5.41) is 10.9. The van der Waals surface area contributed by atoms with Crippen molar-refractivity contribution in [1.29, 1.82) is 0 Å². The van der Waals surface area contributed by atoms with Crippen molar-refractivity contribution >= 4 is 17.7 Å². The van der Waals surface area contributed by atoms with Gasteiger partial charge in [-0.25, -0.2) is 0 Å². The Hall–Kier alpha value is -2.76. The van der Waals surface area contributed by atoms with Crippen molar-refractivity contribution in [2.45, 2.75) is 6.92 Å². The Morgan fingerprint density at radius 1 is 1.32 bits per heavy atom. The zero-order chi connectivity index (χ0) is 14.0. The number of hydrogen-bond donors (Lipinski definition) is 1. The molecule has 0 atom stereocenters. The zero-order valence-electron chi connectivity index (χ0n) is 10.2. The number of aldehydes is 1. The number of nitro groups is 1. The molecular weight excluding hydrogens is 246 g/mol. The first kappa shape index (κ1) is 12.7. The van der Waals surface area contributed by atoms with E-state index in [4.69, 9.17) is 5.73 Å². The van der Waals surface area contributed by atoms with E-state index in [-0.39, 0.29) is 11.3 Å². The second kappa shape index (κ2) is 4.85. The molecule has 0 amide bonds. The van der Waals surface area contributed by atoms with E-state index in [1.54, 1.807) is 25.3 Å². The maximum Gasteiger partial charge on any atom is 0.280 e. The molecule has 0 saturated heterocycles. The Kier molecular flexibility index (Phi) is 3.24. The smallest absolute Gasteiger partial charge is 0.280 e. The van der Waals surface area contributed by atoms with Crippen LogP contribution in [0.25, 0.3) is 11.1 Å². The third-order valence-corrected chi connectivity index (χ3v) is 2.81. The minimum Gasteiger partial charge on any atom is -0.397 e. The van der Waals surface area contributed by atoms with E-state index in [2.05, 4.69) is 4.98 Å². The topological polar surface area (TPSA) is 99.1 Å². The van der Waals surface area contributed by atoms with Gasteiger partial charge in [0.15, 0.2) is 6.29 Å². The molecule has 96 valence electrons. The van der Waals surface area contributed by atoms with Crippen LogP contribution in [0.2, 0.25) is 0 Å². The number of rotatable bonds is 3. The van der Waals surface area contributed by atoms with Crippen LogP contribution in [0.3, 0.4) is 0 Å². The number of nitrogen functional groups attached to an aromatic ring is 1. The van der Waals surface area contributed by atoms with Crippen molar-refractivity contribution < 1.29 is 9.72 Å². The van der Waals surface area contributed by atoms with Gasteiger partial charge in [-0.3, -0.25) is 19.9 Å². The highest BCUT2D eigenvalue weighted by Gasteiger charge is 2.14. The summed E-state index contributed by atoms with van der Waals surface area (Å²) in [5.41, 5.74) is 8.05. The van der Waals surface area contributed by atoms with Gasteiger partial charge in [0.1, 0.15) is 0 Å². The van der Waals surface area contributed by atoms with Crippen molar-refractivity contribution in [3.8, 4) is 11.1 Å². The first-order valence-electron chi connectivity index (χ1n) is 5.49. The van der Waals surface area contributed by atoms with E-state index in [1.165, 1.54) is 12.1 Å². The number of carbonyl (C=O) groups excluding carboxylic acids is 1. The first-order chi connectivity index (χ1) is 9.02. The third kappa shape index (κ3) is 2.42. The number of aromatic nitrogens is 1. The summed E-state index contributed by atoms with van der Waals surface area (Å²) < 4.78 is 0. The van der Waals surface area contributed by atoms with Crippen LogP contribution < -0.4 is 5.73 Å². The Balaban J connectivity index is 2.56. The van der Waals surface area contributed by atoms with Gasteiger partial charge < -0.3 is 5.73 Å². The van der Waals surface area contributed by atoms with Crippen LogP contribution in [0.1, 0.15) is 16.1 Å². The van der Waals surface area contributed by atoms with Crippen molar-refractivity contribution in [2.75, 3.05) is 5.73 Å². The molecule has 2 aromatic rings. The number of nitro benzene ring substituents is 1. The Morgan fingerprint density at radius 3 is 2.63 bits per heavy atom. The molecule has 1 aromatic carbocycles. The largest absolute Gasteiger partial charge is 0.397 e. The molecule has 1 aromatic heterocycles. The van der Waals surface area contributed by atoms with Crippen molar-refractivity contribution in [3.63, 3.8) is 0 Å². The minimum absolute atomic E-state index is 0.0433. The summed E-state index contributed by atoms with van der Waals surface area (Å²) in [5.74, 6) is 0. The standard InChI is InChI=1S/C13H11N3O3/c1-8-12(14)4-11(6-15-8)9-2-3-10(7-17)13(5-9)16(18)19/h2-7H,14H2,1H3. The maximum atomic E-state index is 10.9. The number of nitrogens with zero attached hydrogens (tertiary/aromatic N) is 2. The van der Waals surface area contributed by atoms with Gasteiger partial charge in [0.2, 0.25) is 0 Å². The minimum atomic E-state index is -0.585. The summed E-state index contributed by atoms with van der Waals surface area (Å²) in [6.07, 6.45) is 2.05. The van der Waals surface area contributed by atoms with E-state index in [0.29, 0.717) is 28.8 Å². The molecule has 1 heterocycles. The van der Waals surface area contributed by atoms with Gasteiger partial charge in [-0.2, -0.15) is 0 Å². The third-order valence-electron chi connectivity index (χ3n) is 2.81. The fourth-order valence-corrected chi connectivity index (χ4v) is 1.69. The molecule has 0 aliphatic rings. The van der Waals surface area contributed by atoms with Gasteiger partial charge in [-0.1, -0.05) is 6.07 Å². The molecular formula is C13H11N3O3. The second-order valence-electron chi connectivity index (χ2n) is 4.05. The number of nitrogens with two attached hydrogens (primary N) is 1. The number of pyridine rings is 1. The molecule has 0 fully saturated rings. The molecule has 2 rings (SSSR count). The summed E-state index contributed by atoms with van der Waals surface area (Å²) in [6, 6.07) is 6.08. The lowest BCUT2D eigenvalue weighted by atomic mass is 10.0. The summed E-state index contributed by atoms with van der Waals surface area (Å²) in [4.78, 5) is 25.2. The summed E-state index contributed by atoms with van der Waals surface area (Å²) >= 11 is 0. The van der Waals surface area contributed by atoms with Gasteiger partial charge in [0.05, 0.1) is 21.9 Å². The lowest BCUT2D eigenvalue weighted by Crippen LogP contribution is -1.96. The van der Waals surface area contributed by atoms with Crippen molar-refractivity contribution in [2.24, 2.45) is 0 Å². The molecule has 0 spiro atoms. The highest BCUT2D eigenvalue weighted by atomic mass is 16.6. The van der Waals surface area contributed by atoms with Crippen LogP contribution in [0, 0.1) is 17.0 Å². The molecule has 0 saturated carbocycles. The molecule has 0 aliphatic heterocycles. The molecule has 6 heteroatoms. The predicted octanol–water partition coefficient (Wildman–Crippen LogP) is 2.36. The lowest BCUT2D eigenvalue weighted by molar-refractivity contribution is -0.385. The monoisotopic (exact) mass is 257 g/mol. The van der Waals surface area contributed by atoms with Gasteiger partial charge in [-0.05, 0) is 24.6 Å². The SMILES string of the molecule is Cc1ncc(-c2ccc(C=O)c([N+](=O)[O-])c2)cc1N. The van der Waals surface area contributed by atoms with Gasteiger partial charge >= 0.3 is 0 Å². The van der Waals surface area contributed by atoms with Crippen molar-refractivity contribution in [3.05, 3.63) is 51.8 Å². The van der Waals surface area contributed by atoms with Crippen LogP contribution in [-0.2, 0) is 0 Å². The highest BCUT2D eigenvalue weighted by Crippen LogP contribution is 2.27. The first-order valence-corrected chi connectivity index (χ1v) is 5.49. The average Bonchev–Trinajstić information content (AvgIpc) is 2.41. The van der Waals surface area contributed by atoms with E-state index in [0.717, 1.165) is 0 Å². The second-order valence-corrected chi connectivity index (χ2v) is 4.05.